The highest BCUT2D eigenvalue weighted by Gasteiger charge is 2.27. The molecule has 6 heteroatoms. The largest absolute Gasteiger partial charge is 0.326 e. The SMILES string of the molecule is O=S(=O)(c1ccc(N2CCc3ccccc32)nc1)N1CCCCC1. The minimum atomic E-state index is -3.41. The summed E-state index contributed by atoms with van der Waals surface area (Å²) < 4.78 is 27.0. The molecular weight excluding hydrogens is 322 g/mol. The molecule has 2 aliphatic rings. The van der Waals surface area contributed by atoms with Crippen molar-refractivity contribution in [2.45, 2.75) is 30.6 Å². The van der Waals surface area contributed by atoms with E-state index in [9.17, 15) is 8.42 Å². The summed E-state index contributed by atoms with van der Waals surface area (Å²) in [6.45, 7) is 2.11. The summed E-state index contributed by atoms with van der Waals surface area (Å²) in [6, 6.07) is 11.8. The molecule has 0 atom stereocenters. The fourth-order valence-corrected chi connectivity index (χ4v) is 4.98. The number of pyridine rings is 1. The summed E-state index contributed by atoms with van der Waals surface area (Å²) in [4.78, 5) is 6.88. The van der Waals surface area contributed by atoms with Crippen LogP contribution in [0.5, 0.6) is 0 Å². The van der Waals surface area contributed by atoms with Crippen molar-refractivity contribution in [3.63, 3.8) is 0 Å². The average molecular weight is 343 g/mol. The zero-order valence-electron chi connectivity index (χ0n) is 13.6. The van der Waals surface area contributed by atoms with Crippen LogP contribution in [0.3, 0.4) is 0 Å². The average Bonchev–Trinajstić information content (AvgIpc) is 3.07. The van der Waals surface area contributed by atoms with E-state index in [2.05, 4.69) is 22.0 Å². The maximum Gasteiger partial charge on any atom is 0.244 e. The fourth-order valence-electron chi connectivity index (χ4n) is 3.52. The molecule has 1 aromatic carbocycles. The molecule has 5 nitrogen and oxygen atoms in total. The van der Waals surface area contributed by atoms with Gasteiger partial charge in [0.05, 0.1) is 0 Å². The van der Waals surface area contributed by atoms with Gasteiger partial charge >= 0.3 is 0 Å². The van der Waals surface area contributed by atoms with E-state index in [0.717, 1.165) is 43.7 Å². The summed E-state index contributed by atoms with van der Waals surface area (Å²) >= 11 is 0. The maximum absolute atomic E-state index is 12.7. The van der Waals surface area contributed by atoms with E-state index >= 15 is 0 Å². The highest BCUT2D eigenvalue weighted by molar-refractivity contribution is 7.89. The van der Waals surface area contributed by atoms with Crippen LogP contribution in [-0.2, 0) is 16.4 Å². The van der Waals surface area contributed by atoms with Gasteiger partial charge in [-0.1, -0.05) is 24.6 Å². The fraction of sp³-hybridized carbons (Fsp3) is 0.389. The quantitative estimate of drug-likeness (QED) is 0.860. The second-order valence-corrected chi connectivity index (χ2v) is 8.29. The summed E-state index contributed by atoms with van der Waals surface area (Å²) in [5.41, 5.74) is 2.47. The Labute approximate surface area is 143 Å². The lowest BCUT2D eigenvalue weighted by Gasteiger charge is -2.26. The van der Waals surface area contributed by atoms with E-state index in [-0.39, 0.29) is 0 Å². The summed E-state index contributed by atoms with van der Waals surface area (Å²) in [6.07, 6.45) is 5.48. The Balaban J connectivity index is 1.59. The maximum atomic E-state index is 12.7. The number of rotatable bonds is 3. The molecule has 0 N–H and O–H groups in total. The first-order valence-corrected chi connectivity index (χ1v) is 9.92. The van der Waals surface area contributed by atoms with Crippen LogP contribution in [0.1, 0.15) is 24.8 Å². The molecule has 0 bridgehead atoms. The van der Waals surface area contributed by atoms with E-state index in [1.165, 1.54) is 11.8 Å². The molecule has 1 fully saturated rings. The zero-order valence-corrected chi connectivity index (χ0v) is 14.4. The molecule has 2 aliphatic heterocycles. The van der Waals surface area contributed by atoms with E-state index in [1.807, 2.05) is 18.2 Å². The van der Waals surface area contributed by atoms with Gasteiger partial charge in [-0.2, -0.15) is 4.31 Å². The van der Waals surface area contributed by atoms with Crippen molar-refractivity contribution in [1.29, 1.82) is 0 Å². The van der Waals surface area contributed by atoms with E-state index in [0.29, 0.717) is 18.0 Å². The molecule has 0 saturated carbocycles. The third kappa shape index (κ3) is 2.70. The van der Waals surface area contributed by atoms with Crippen LogP contribution in [0.15, 0.2) is 47.5 Å². The van der Waals surface area contributed by atoms with E-state index in [4.69, 9.17) is 0 Å². The first-order valence-electron chi connectivity index (χ1n) is 8.48. The first-order chi connectivity index (χ1) is 11.7. The van der Waals surface area contributed by atoms with Gasteiger partial charge in [-0.05, 0) is 43.0 Å². The monoisotopic (exact) mass is 343 g/mol. The van der Waals surface area contributed by atoms with Crippen molar-refractivity contribution in [3.8, 4) is 0 Å². The van der Waals surface area contributed by atoms with Gasteiger partial charge in [0.2, 0.25) is 10.0 Å². The molecule has 1 aromatic heterocycles. The predicted octanol–water partition coefficient (Wildman–Crippen LogP) is 2.95. The van der Waals surface area contributed by atoms with Crippen molar-refractivity contribution >= 4 is 21.5 Å². The highest BCUT2D eigenvalue weighted by Crippen LogP contribution is 2.33. The normalized spacial score (nSPS) is 18.6. The van der Waals surface area contributed by atoms with Gasteiger partial charge in [0.25, 0.3) is 0 Å². The Morgan fingerprint density at radius 1 is 0.917 bits per heavy atom. The highest BCUT2D eigenvalue weighted by atomic mass is 32.2. The molecule has 0 radical (unpaired) electrons. The number of aromatic nitrogens is 1. The first kappa shape index (κ1) is 15.6. The molecule has 0 spiro atoms. The number of sulfonamides is 1. The standard InChI is InChI=1S/C18H21N3O2S/c22-24(23,20-11-4-1-5-12-20)16-8-9-18(19-14-16)21-13-10-15-6-2-3-7-17(15)21/h2-3,6-9,14H,1,4-5,10-13H2. The minimum Gasteiger partial charge on any atom is -0.326 e. The van der Waals surface area contributed by atoms with Gasteiger partial charge in [-0.15, -0.1) is 0 Å². The van der Waals surface area contributed by atoms with E-state index < -0.39 is 10.0 Å². The van der Waals surface area contributed by atoms with Crippen LogP contribution in [0.2, 0.25) is 0 Å². The van der Waals surface area contributed by atoms with Gasteiger partial charge in [0.1, 0.15) is 10.7 Å². The third-order valence-electron chi connectivity index (χ3n) is 4.84. The van der Waals surface area contributed by atoms with Gasteiger partial charge in [-0.3, -0.25) is 0 Å². The van der Waals surface area contributed by atoms with Gasteiger partial charge in [0.15, 0.2) is 0 Å². The molecule has 24 heavy (non-hydrogen) atoms. The molecule has 0 unspecified atom stereocenters. The van der Waals surface area contributed by atoms with Crippen molar-refractivity contribution in [2.75, 3.05) is 24.5 Å². The van der Waals surface area contributed by atoms with Gasteiger partial charge in [-0.25, -0.2) is 13.4 Å². The van der Waals surface area contributed by atoms with Crippen LogP contribution in [0, 0.1) is 0 Å². The lowest BCUT2D eigenvalue weighted by Crippen LogP contribution is -2.35. The second kappa shape index (κ2) is 6.18. The van der Waals surface area contributed by atoms with Crippen LogP contribution < -0.4 is 4.90 Å². The van der Waals surface area contributed by atoms with Crippen molar-refractivity contribution < 1.29 is 8.42 Å². The Kier molecular flexibility index (Phi) is 4.02. The number of benzene rings is 1. The zero-order chi connectivity index (χ0) is 16.6. The minimum absolute atomic E-state index is 0.292. The molecule has 126 valence electrons. The Morgan fingerprint density at radius 2 is 1.71 bits per heavy atom. The van der Waals surface area contributed by atoms with Crippen LogP contribution in [0.4, 0.5) is 11.5 Å². The van der Waals surface area contributed by atoms with Crippen LogP contribution in [-0.4, -0.2) is 37.3 Å². The van der Waals surface area contributed by atoms with Crippen molar-refractivity contribution in [3.05, 3.63) is 48.2 Å². The van der Waals surface area contributed by atoms with Gasteiger partial charge < -0.3 is 4.90 Å². The lowest BCUT2D eigenvalue weighted by atomic mass is 10.2. The molecule has 2 aromatic rings. The Morgan fingerprint density at radius 3 is 2.46 bits per heavy atom. The second-order valence-electron chi connectivity index (χ2n) is 6.35. The molecule has 3 heterocycles. The predicted molar refractivity (Wildman–Crippen MR) is 94.0 cm³/mol. The molecule has 4 rings (SSSR count). The van der Waals surface area contributed by atoms with E-state index in [1.54, 1.807) is 10.4 Å². The topological polar surface area (TPSA) is 53.5 Å². The summed E-state index contributed by atoms with van der Waals surface area (Å²) in [5, 5.41) is 0. The summed E-state index contributed by atoms with van der Waals surface area (Å²) in [5.74, 6) is 0.803. The number of hydrogen-bond acceptors (Lipinski definition) is 4. The molecular formula is C18H21N3O2S. The number of piperidine rings is 1. The Bertz CT molecular complexity index is 828. The van der Waals surface area contributed by atoms with Crippen molar-refractivity contribution in [2.24, 2.45) is 0 Å². The number of para-hydroxylation sites is 1. The van der Waals surface area contributed by atoms with Crippen LogP contribution >= 0.6 is 0 Å². The molecule has 0 aliphatic carbocycles. The number of fused-ring (bicyclic) bond motifs is 1. The smallest absolute Gasteiger partial charge is 0.244 e. The molecule has 0 amide bonds. The number of nitrogens with zero attached hydrogens (tertiary/aromatic N) is 3. The third-order valence-corrected chi connectivity index (χ3v) is 6.72. The molecule has 1 saturated heterocycles. The number of anilines is 2. The van der Waals surface area contributed by atoms with Crippen molar-refractivity contribution in [1.82, 2.24) is 9.29 Å². The lowest BCUT2D eigenvalue weighted by molar-refractivity contribution is 0.346. The Hall–Kier alpha value is -1.92. The van der Waals surface area contributed by atoms with Crippen LogP contribution in [0.25, 0.3) is 0 Å². The number of hydrogen-bond donors (Lipinski definition) is 0. The summed E-state index contributed by atoms with van der Waals surface area (Å²) in [7, 11) is -3.41. The van der Waals surface area contributed by atoms with Gasteiger partial charge in [0, 0.05) is 31.5 Å².